The van der Waals surface area contributed by atoms with E-state index in [1.54, 1.807) is 12.1 Å². The Morgan fingerprint density at radius 2 is 2.07 bits per heavy atom. The highest BCUT2D eigenvalue weighted by atomic mass is 19.1. The third kappa shape index (κ3) is 2.75. The molecule has 74 valence electrons. The Morgan fingerprint density at radius 3 is 2.57 bits per heavy atom. The van der Waals surface area contributed by atoms with E-state index in [2.05, 4.69) is 24.6 Å². The molecule has 0 aromatic heterocycles. The second-order valence-electron chi connectivity index (χ2n) is 2.99. The fourth-order valence-electron chi connectivity index (χ4n) is 1.13. The van der Waals surface area contributed by atoms with Gasteiger partial charge in [-0.1, -0.05) is 13.5 Å². The predicted octanol–water partition coefficient (Wildman–Crippen LogP) is 2.95. The van der Waals surface area contributed by atoms with Gasteiger partial charge in [-0.15, -0.1) is 5.73 Å². The van der Waals surface area contributed by atoms with Gasteiger partial charge in [0, 0.05) is 12.1 Å². The van der Waals surface area contributed by atoms with E-state index in [0.717, 1.165) is 24.2 Å². The summed E-state index contributed by atoms with van der Waals surface area (Å²) in [5, 5.41) is 3.18. The Bertz CT molecular complexity index is 334. The van der Waals surface area contributed by atoms with Crippen molar-refractivity contribution >= 4 is 5.70 Å². The number of nitrogens with one attached hydrogen (secondary N) is 1. The second-order valence-corrected chi connectivity index (χ2v) is 2.99. The van der Waals surface area contributed by atoms with Gasteiger partial charge >= 0.3 is 0 Å². The van der Waals surface area contributed by atoms with Gasteiger partial charge in [0.15, 0.2) is 0 Å². The van der Waals surface area contributed by atoms with E-state index in [9.17, 15) is 4.39 Å². The summed E-state index contributed by atoms with van der Waals surface area (Å²) in [6.45, 7) is 6.55. The van der Waals surface area contributed by atoms with Crippen LogP contribution in [0.1, 0.15) is 18.9 Å². The molecule has 0 aliphatic rings. The predicted molar refractivity (Wildman–Crippen MR) is 57.2 cm³/mol. The van der Waals surface area contributed by atoms with Gasteiger partial charge in [-0.3, -0.25) is 0 Å². The number of rotatable bonds is 4. The average molecular weight is 191 g/mol. The molecule has 1 aromatic rings. The van der Waals surface area contributed by atoms with Crippen molar-refractivity contribution in [3.63, 3.8) is 0 Å². The number of halogens is 1. The first kappa shape index (κ1) is 10.6. The normalized spacial score (nSPS) is 9.29. The fourth-order valence-corrected chi connectivity index (χ4v) is 1.13. The Morgan fingerprint density at radius 1 is 1.43 bits per heavy atom. The topological polar surface area (TPSA) is 12.0 Å². The summed E-state index contributed by atoms with van der Waals surface area (Å²) in [4.78, 5) is 0. The summed E-state index contributed by atoms with van der Waals surface area (Å²) in [6.07, 6.45) is 1.03. The van der Waals surface area contributed by atoms with Crippen LogP contribution < -0.4 is 5.32 Å². The molecule has 0 heterocycles. The van der Waals surface area contributed by atoms with Crippen LogP contribution >= 0.6 is 0 Å². The molecule has 0 fully saturated rings. The first-order chi connectivity index (χ1) is 6.77. The molecule has 1 rings (SSSR count). The average Bonchev–Trinajstić information content (AvgIpc) is 2.21. The van der Waals surface area contributed by atoms with Gasteiger partial charge in [-0.2, -0.15) is 0 Å². The zero-order chi connectivity index (χ0) is 10.4. The van der Waals surface area contributed by atoms with E-state index in [1.165, 1.54) is 12.1 Å². The number of benzene rings is 1. The van der Waals surface area contributed by atoms with Crippen LogP contribution in [0.25, 0.3) is 5.70 Å². The van der Waals surface area contributed by atoms with Gasteiger partial charge in [-0.05, 0) is 30.7 Å². The standard InChI is InChI=1S/C12H14FN/c1-3-9-14-12(4-2)10-5-7-11(13)8-6-10/h5-8,14H,2-3,9H2,1H3. The van der Waals surface area contributed by atoms with Gasteiger partial charge < -0.3 is 5.32 Å². The highest BCUT2D eigenvalue weighted by Gasteiger charge is 1.98. The second kappa shape index (κ2) is 5.25. The van der Waals surface area contributed by atoms with Crippen LogP contribution in [0.4, 0.5) is 4.39 Å². The Hall–Kier alpha value is -1.53. The van der Waals surface area contributed by atoms with Crippen molar-refractivity contribution in [3.8, 4) is 0 Å². The lowest BCUT2D eigenvalue weighted by Gasteiger charge is -2.07. The summed E-state index contributed by atoms with van der Waals surface area (Å²) in [5.74, 6) is -0.229. The molecule has 0 atom stereocenters. The molecule has 0 amide bonds. The molecule has 1 aromatic carbocycles. The minimum absolute atomic E-state index is 0.229. The lowest BCUT2D eigenvalue weighted by atomic mass is 10.1. The first-order valence-electron chi connectivity index (χ1n) is 4.67. The zero-order valence-electron chi connectivity index (χ0n) is 8.31. The van der Waals surface area contributed by atoms with Crippen molar-refractivity contribution in [2.45, 2.75) is 13.3 Å². The van der Waals surface area contributed by atoms with E-state index < -0.39 is 0 Å². The van der Waals surface area contributed by atoms with Crippen molar-refractivity contribution in [2.75, 3.05) is 6.54 Å². The minimum atomic E-state index is -0.229. The van der Waals surface area contributed by atoms with Gasteiger partial charge in [0.05, 0.1) is 5.70 Å². The quantitative estimate of drug-likeness (QED) is 0.721. The first-order valence-corrected chi connectivity index (χ1v) is 4.67. The van der Waals surface area contributed by atoms with E-state index in [4.69, 9.17) is 0 Å². The summed E-state index contributed by atoms with van der Waals surface area (Å²) in [6, 6.07) is 6.29. The van der Waals surface area contributed by atoms with E-state index in [1.807, 2.05) is 0 Å². The zero-order valence-corrected chi connectivity index (χ0v) is 8.31. The molecule has 0 bridgehead atoms. The molecule has 2 heteroatoms. The molecule has 0 spiro atoms. The molecule has 14 heavy (non-hydrogen) atoms. The van der Waals surface area contributed by atoms with Crippen molar-refractivity contribution in [2.24, 2.45) is 0 Å². The van der Waals surface area contributed by atoms with Gasteiger partial charge in [-0.25, -0.2) is 4.39 Å². The van der Waals surface area contributed by atoms with Crippen LogP contribution in [-0.2, 0) is 0 Å². The highest BCUT2D eigenvalue weighted by molar-refractivity contribution is 5.62. The molecule has 0 unspecified atom stereocenters. The lowest BCUT2D eigenvalue weighted by Crippen LogP contribution is -2.12. The maximum absolute atomic E-state index is 12.6. The van der Waals surface area contributed by atoms with Gasteiger partial charge in [0.25, 0.3) is 0 Å². The number of hydrogen-bond acceptors (Lipinski definition) is 1. The molecule has 0 radical (unpaired) electrons. The third-order valence-corrected chi connectivity index (χ3v) is 1.86. The van der Waals surface area contributed by atoms with Crippen molar-refractivity contribution in [3.05, 3.63) is 48.0 Å². The maximum Gasteiger partial charge on any atom is 0.123 e. The largest absolute Gasteiger partial charge is 0.378 e. The molecule has 0 aliphatic carbocycles. The summed E-state index contributed by atoms with van der Waals surface area (Å²) in [7, 11) is 0. The van der Waals surface area contributed by atoms with Crippen LogP contribution in [0.2, 0.25) is 0 Å². The van der Waals surface area contributed by atoms with Crippen LogP contribution in [0.5, 0.6) is 0 Å². The van der Waals surface area contributed by atoms with E-state index >= 15 is 0 Å². The molecule has 0 aliphatic heterocycles. The van der Waals surface area contributed by atoms with Crippen LogP contribution in [0.15, 0.2) is 36.6 Å². The smallest absolute Gasteiger partial charge is 0.123 e. The van der Waals surface area contributed by atoms with Crippen LogP contribution in [0.3, 0.4) is 0 Å². The van der Waals surface area contributed by atoms with E-state index in [-0.39, 0.29) is 5.82 Å². The van der Waals surface area contributed by atoms with Crippen molar-refractivity contribution in [1.29, 1.82) is 0 Å². The Kier molecular flexibility index (Phi) is 3.96. The van der Waals surface area contributed by atoms with Crippen molar-refractivity contribution < 1.29 is 4.39 Å². The highest BCUT2D eigenvalue weighted by Crippen LogP contribution is 2.10. The molecule has 0 saturated heterocycles. The van der Waals surface area contributed by atoms with Gasteiger partial charge in [0.2, 0.25) is 0 Å². The molecule has 1 nitrogen and oxygen atoms in total. The maximum atomic E-state index is 12.6. The van der Waals surface area contributed by atoms with Crippen LogP contribution in [0, 0.1) is 5.82 Å². The molecule has 1 N–H and O–H groups in total. The SMILES string of the molecule is C=C=C(NCCC)c1ccc(F)cc1. The molecular weight excluding hydrogens is 177 g/mol. The lowest BCUT2D eigenvalue weighted by molar-refractivity contribution is 0.627. The van der Waals surface area contributed by atoms with Gasteiger partial charge in [0.1, 0.15) is 5.82 Å². The van der Waals surface area contributed by atoms with Crippen molar-refractivity contribution in [1.82, 2.24) is 5.32 Å². The third-order valence-electron chi connectivity index (χ3n) is 1.86. The summed E-state index contributed by atoms with van der Waals surface area (Å²) in [5.41, 5.74) is 4.54. The monoisotopic (exact) mass is 191 g/mol. The van der Waals surface area contributed by atoms with Crippen LogP contribution in [-0.4, -0.2) is 6.54 Å². The summed E-state index contributed by atoms with van der Waals surface area (Å²) >= 11 is 0. The Labute approximate surface area is 84.0 Å². The molecule has 0 saturated carbocycles. The number of hydrogen-bond donors (Lipinski definition) is 1. The minimum Gasteiger partial charge on any atom is -0.378 e. The fraction of sp³-hybridized carbons (Fsp3) is 0.250. The molecular formula is C12H14FN. The summed E-state index contributed by atoms with van der Waals surface area (Å²) < 4.78 is 12.6. The van der Waals surface area contributed by atoms with E-state index in [0.29, 0.717) is 0 Å². The Balaban J connectivity index is 2.80.